The van der Waals surface area contributed by atoms with Crippen LogP contribution in [0.4, 0.5) is 0 Å². The standard InChI is InChI=1S/C12H14O4/c1-14-12(13)9-3-2-4-10(7-9)16-11-5-6-15-8-11/h2-4,7,11H,5-6,8H2,1H3/t11-/m1/s1. The maximum Gasteiger partial charge on any atom is 0.337 e. The van der Waals surface area contributed by atoms with Gasteiger partial charge in [0.15, 0.2) is 0 Å². The van der Waals surface area contributed by atoms with E-state index in [0.29, 0.717) is 17.9 Å². The lowest BCUT2D eigenvalue weighted by Crippen LogP contribution is -2.15. The molecular weight excluding hydrogens is 208 g/mol. The van der Waals surface area contributed by atoms with Crippen LogP contribution in [0.5, 0.6) is 5.75 Å². The molecule has 0 bridgehead atoms. The summed E-state index contributed by atoms with van der Waals surface area (Å²) in [7, 11) is 1.36. The molecule has 1 saturated heterocycles. The van der Waals surface area contributed by atoms with E-state index in [0.717, 1.165) is 13.0 Å². The van der Waals surface area contributed by atoms with E-state index in [1.165, 1.54) is 7.11 Å². The Bertz CT molecular complexity index is 369. The third kappa shape index (κ3) is 2.52. The second-order valence-corrected chi connectivity index (χ2v) is 3.62. The van der Waals surface area contributed by atoms with Crippen molar-refractivity contribution >= 4 is 5.97 Å². The number of carbonyl (C=O) groups excluding carboxylic acids is 1. The molecule has 16 heavy (non-hydrogen) atoms. The van der Waals surface area contributed by atoms with Gasteiger partial charge in [0, 0.05) is 6.42 Å². The van der Waals surface area contributed by atoms with Crippen LogP contribution in [0.25, 0.3) is 0 Å². The highest BCUT2D eigenvalue weighted by Gasteiger charge is 2.17. The lowest BCUT2D eigenvalue weighted by Gasteiger charge is -2.12. The monoisotopic (exact) mass is 222 g/mol. The zero-order valence-electron chi connectivity index (χ0n) is 9.14. The van der Waals surface area contributed by atoms with Gasteiger partial charge in [-0.15, -0.1) is 0 Å². The van der Waals surface area contributed by atoms with Gasteiger partial charge in [-0.1, -0.05) is 6.07 Å². The molecule has 0 amide bonds. The Labute approximate surface area is 94.1 Å². The van der Waals surface area contributed by atoms with Gasteiger partial charge in [-0.3, -0.25) is 0 Å². The lowest BCUT2D eigenvalue weighted by atomic mass is 10.2. The van der Waals surface area contributed by atoms with Crippen LogP contribution >= 0.6 is 0 Å². The van der Waals surface area contributed by atoms with Crippen LogP contribution in [-0.2, 0) is 9.47 Å². The van der Waals surface area contributed by atoms with Gasteiger partial charge in [-0.25, -0.2) is 4.79 Å². The van der Waals surface area contributed by atoms with E-state index < -0.39 is 0 Å². The van der Waals surface area contributed by atoms with Gasteiger partial charge >= 0.3 is 5.97 Å². The fraction of sp³-hybridized carbons (Fsp3) is 0.417. The summed E-state index contributed by atoms with van der Waals surface area (Å²) >= 11 is 0. The molecule has 0 aromatic heterocycles. The molecule has 1 aliphatic rings. The van der Waals surface area contributed by atoms with Gasteiger partial charge in [-0.05, 0) is 18.2 Å². The number of benzene rings is 1. The van der Waals surface area contributed by atoms with Crippen molar-refractivity contribution < 1.29 is 19.0 Å². The van der Waals surface area contributed by atoms with Gasteiger partial charge in [-0.2, -0.15) is 0 Å². The molecule has 1 heterocycles. The number of carbonyl (C=O) groups is 1. The summed E-state index contributed by atoms with van der Waals surface area (Å²) < 4.78 is 15.5. The van der Waals surface area contributed by atoms with Crippen molar-refractivity contribution in [1.82, 2.24) is 0 Å². The SMILES string of the molecule is COC(=O)c1cccc(O[C@@H]2CCOC2)c1. The number of methoxy groups -OCH3 is 1. The van der Waals surface area contributed by atoms with Crippen molar-refractivity contribution in [2.24, 2.45) is 0 Å². The molecule has 0 unspecified atom stereocenters. The van der Waals surface area contributed by atoms with Crippen LogP contribution in [0.15, 0.2) is 24.3 Å². The Morgan fingerprint density at radius 2 is 2.38 bits per heavy atom. The fourth-order valence-electron chi connectivity index (χ4n) is 1.61. The van der Waals surface area contributed by atoms with Gasteiger partial charge < -0.3 is 14.2 Å². The first-order chi connectivity index (χ1) is 7.79. The Hall–Kier alpha value is -1.55. The minimum absolute atomic E-state index is 0.0906. The van der Waals surface area contributed by atoms with Gasteiger partial charge in [0.05, 0.1) is 25.9 Å². The van der Waals surface area contributed by atoms with E-state index in [1.807, 2.05) is 6.07 Å². The summed E-state index contributed by atoms with van der Waals surface area (Å²) in [5.41, 5.74) is 0.499. The predicted molar refractivity (Wildman–Crippen MR) is 57.6 cm³/mol. The van der Waals surface area contributed by atoms with Crippen molar-refractivity contribution in [3.05, 3.63) is 29.8 Å². The number of hydrogen-bond donors (Lipinski definition) is 0. The highest BCUT2D eigenvalue weighted by atomic mass is 16.5. The third-order valence-electron chi connectivity index (χ3n) is 2.45. The average molecular weight is 222 g/mol. The van der Waals surface area contributed by atoms with Crippen LogP contribution in [0, 0.1) is 0 Å². The molecule has 0 saturated carbocycles. The molecule has 0 aliphatic carbocycles. The third-order valence-corrected chi connectivity index (χ3v) is 2.45. The van der Waals surface area contributed by atoms with Crippen LogP contribution in [0.1, 0.15) is 16.8 Å². The Morgan fingerprint density at radius 1 is 1.50 bits per heavy atom. The molecule has 2 rings (SSSR count). The van der Waals surface area contributed by atoms with E-state index in [-0.39, 0.29) is 12.1 Å². The zero-order valence-corrected chi connectivity index (χ0v) is 9.14. The smallest absolute Gasteiger partial charge is 0.337 e. The second-order valence-electron chi connectivity index (χ2n) is 3.62. The summed E-state index contributed by atoms with van der Waals surface area (Å²) in [5.74, 6) is 0.325. The zero-order chi connectivity index (χ0) is 11.4. The Kier molecular flexibility index (Phi) is 3.41. The van der Waals surface area contributed by atoms with E-state index in [4.69, 9.17) is 9.47 Å². The number of ether oxygens (including phenoxy) is 3. The van der Waals surface area contributed by atoms with Crippen LogP contribution in [-0.4, -0.2) is 32.4 Å². The first-order valence-electron chi connectivity index (χ1n) is 5.22. The Balaban J connectivity index is 2.06. The quantitative estimate of drug-likeness (QED) is 0.729. The minimum Gasteiger partial charge on any atom is -0.488 e. The topological polar surface area (TPSA) is 44.8 Å². The normalized spacial score (nSPS) is 19.4. The number of hydrogen-bond acceptors (Lipinski definition) is 4. The van der Waals surface area contributed by atoms with Crippen molar-refractivity contribution in [1.29, 1.82) is 0 Å². The van der Waals surface area contributed by atoms with E-state index in [1.54, 1.807) is 18.2 Å². The van der Waals surface area contributed by atoms with Crippen LogP contribution in [0.3, 0.4) is 0 Å². The molecule has 1 atom stereocenters. The number of esters is 1. The van der Waals surface area contributed by atoms with Crippen LogP contribution < -0.4 is 4.74 Å². The average Bonchev–Trinajstić information content (AvgIpc) is 2.81. The molecule has 1 aliphatic heterocycles. The maximum atomic E-state index is 11.3. The van der Waals surface area contributed by atoms with Crippen molar-refractivity contribution in [2.45, 2.75) is 12.5 Å². The van der Waals surface area contributed by atoms with E-state index in [2.05, 4.69) is 4.74 Å². The predicted octanol–water partition coefficient (Wildman–Crippen LogP) is 1.64. The molecule has 1 aromatic carbocycles. The highest BCUT2D eigenvalue weighted by Crippen LogP contribution is 2.18. The molecule has 1 fully saturated rings. The second kappa shape index (κ2) is 4.99. The van der Waals surface area contributed by atoms with Crippen molar-refractivity contribution in [3.63, 3.8) is 0 Å². The molecule has 0 radical (unpaired) electrons. The van der Waals surface area contributed by atoms with Crippen molar-refractivity contribution in [2.75, 3.05) is 20.3 Å². The minimum atomic E-state index is -0.354. The summed E-state index contributed by atoms with van der Waals surface area (Å²) in [6, 6.07) is 6.98. The summed E-state index contributed by atoms with van der Waals surface area (Å²) in [5, 5.41) is 0. The maximum absolute atomic E-state index is 11.3. The first-order valence-corrected chi connectivity index (χ1v) is 5.22. The molecule has 4 heteroatoms. The van der Waals surface area contributed by atoms with Crippen LogP contribution in [0.2, 0.25) is 0 Å². The van der Waals surface area contributed by atoms with E-state index >= 15 is 0 Å². The fourth-order valence-corrected chi connectivity index (χ4v) is 1.61. The summed E-state index contributed by atoms with van der Waals surface area (Å²) in [4.78, 5) is 11.3. The van der Waals surface area contributed by atoms with Gasteiger partial charge in [0.1, 0.15) is 11.9 Å². The lowest BCUT2D eigenvalue weighted by molar-refractivity contribution is 0.0600. The van der Waals surface area contributed by atoms with Gasteiger partial charge in [0.2, 0.25) is 0 Å². The Morgan fingerprint density at radius 3 is 3.06 bits per heavy atom. The highest BCUT2D eigenvalue weighted by molar-refractivity contribution is 5.89. The molecule has 0 spiro atoms. The molecular formula is C12H14O4. The summed E-state index contributed by atoms with van der Waals surface area (Å²) in [6.07, 6.45) is 0.982. The molecule has 4 nitrogen and oxygen atoms in total. The molecule has 1 aromatic rings. The largest absolute Gasteiger partial charge is 0.488 e. The summed E-state index contributed by atoms with van der Waals surface area (Å²) in [6.45, 7) is 1.35. The number of rotatable bonds is 3. The van der Waals surface area contributed by atoms with Crippen molar-refractivity contribution in [3.8, 4) is 5.75 Å². The first kappa shape index (κ1) is 11.0. The van der Waals surface area contributed by atoms with Gasteiger partial charge in [0.25, 0.3) is 0 Å². The molecule has 0 N–H and O–H groups in total. The van der Waals surface area contributed by atoms with E-state index in [9.17, 15) is 4.79 Å². The molecule has 86 valence electrons.